The Kier molecular flexibility index (Phi) is 6.57. The van der Waals surface area contributed by atoms with Crippen LogP contribution in [0.15, 0.2) is 54.7 Å². The second-order valence-corrected chi connectivity index (χ2v) is 6.59. The first-order valence-corrected chi connectivity index (χ1v) is 9.18. The van der Waals surface area contributed by atoms with Gasteiger partial charge in [-0.3, -0.25) is 9.69 Å². The topological polar surface area (TPSA) is 74.5 Å². The lowest BCUT2D eigenvalue weighted by molar-refractivity contribution is -0.121. The molecule has 0 aliphatic carbocycles. The van der Waals surface area contributed by atoms with Gasteiger partial charge in [0.1, 0.15) is 5.82 Å². The van der Waals surface area contributed by atoms with Crippen molar-refractivity contribution in [2.24, 2.45) is 5.73 Å². The van der Waals surface area contributed by atoms with Gasteiger partial charge >= 0.3 is 0 Å². The monoisotopic (exact) mass is 353 g/mol. The van der Waals surface area contributed by atoms with Crippen LogP contribution in [0.1, 0.15) is 18.0 Å². The van der Waals surface area contributed by atoms with E-state index in [1.165, 1.54) is 0 Å². The molecule has 1 unspecified atom stereocenters. The summed E-state index contributed by atoms with van der Waals surface area (Å²) in [6.45, 7) is 5.04. The highest BCUT2D eigenvalue weighted by molar-refractivity contribution is 5.76. The molecular formula is C20H27N5O. The van der Waals surface area contributed by atoms with E-state index in [-0.39, 0.29) is 11.9 Å². The highest BCUT2D eigenvalue weighted by Gasteiger charge is 2.18. The molecule has 26 heavy (non-hydrogen) atoms. The fourth-order valence-electron chi connectivity index (χ4n) is 3.13. The Morgan fingerprint density at radius 1 is 1.08 bits per heavy atom. The molecule has 1 saturated heterocycles. The zero-order valence-electron chi connectivity index (χ0n) is 15.1. The normalized spacial score (nSPS) is 16.3. The van der Waals surface area contributed by atoms with Crippen LogP contribution in [0.2, 0.25) is 0 Å². The number of rotatable bonds is 7. The van der Waals surface area contributed by atoms with Gasteiger partial charge in [-0.25, -0.2) is 4.98 Å². The summed E-state index contributed by atoms with van der Waals surface area (Å²) in [5, 5.41) is 2.94. The van der Waals surface area contributed by atoms with Gasteiger partial charge in [-0.15, -0.1) is 0 Å². The number of benzene rings is 1. The lowest BCUT2D eigenvalue weighted by Crippen LogP contribution is -2.47. The third kappa shape index (κ3) is 5.28. The number of nitrogens with zero attached hydrogens (tertiary/aromatic N) is 3. The minimum Gasteiger partial charge on any atom is -0.354 e. The van der Waals surface area contributed by atoms with Crippen molar-refractivity contribution in [2.45, 2.75) is 12.5 Å². The Hall–Kier alpha value is -2.44. The van der Waals surface area contributed by atoms with Gasteiger partial charge in [0.25, 0.3) is 0 Å². The van der Waals surface area contributed by atoms with Crippen molar-refractivity contribution in [2.75, 3.05) is 44.2 Å². The first-order chi connectivity index (χ1) is 12.7. The van der Waals surface area contributed by atoms with Gasteiger partial charge in [0, 0.05) is 57.9 Å². The summed E-state index contributed by atoms with van der Waals surface area (Å²) in [5.41, 5.74) is 7.16. The van der Waals surface area contributed by atoms with E-state index in [0.717, 1.165) is 44.1 Å². The fourth-order valence-corrected chi connectivity index (χ4v) is 3.13. The molecule has 1 atom stereocenters. The number of nitrogens with one attached hydrogen (secondary N) is 1. The number of piperazine rings is 1. The van der Waals surface area contributed by atoms with Crippen LogP contribution in [-0.4, -0.2) is 55.1 Å². The first kappa shape index (κ1) is 18.4. The largest absolute Gasteiger partial charge is 0.354 e. The molecule has 138 valence electrons. The highest BCUT2D eigenvalue weighted by atomic mass is 16.1. The van der Waals surface area contributed by atoms with Gasteiger partial charge in [0.15, 0.2) is 0 Å². The van der Waals surface area contributed by atoms with Crippen molar-refractivity contribution in [1.29, 1.82) is 0 Å². The van der Waals surface area contributed by atoms with Crippen LogP contribution in [0.3, 0.4) is 0 Å². The minimum absolute atomic E-state index is 0.0588. The molecule has 1 aliphatic heterocycles. The molecule has 1 amide bonds. The van der Waals surface area contributed by atoms with Gasteiger partial charge in [-0.1, -0.05) is 36.4 Å². The second kappa shape index (κ2) is 9.31. The molecule has 0 saturated carbocycles. The van der Waals surface area contributed by atoms with E-state index in [4.69, 9.17) is 5.73 Å². The summed E-state index contributed by atoms with van der Waals surface area (Å²) in [7, 11) is 0. The molecule has 1 fully saturated rings. The van der Waals surface area contributed by atoms with Crippen molar-refractivity contribution < 1.29 is 4.79 Å². The van der Waals surface area contributed by atoms with Gasteiger partial charge in [0.05, 0.1) is 0 Å². The third-order valence-corrected chi connectivity index (χ3v) is 4.75. The van der Waals surface area contributed by atoms with Gasteiger partial charge < -0.3 is 16.0 Å². The SMILES string of the molecule is NC(CNC(=O)CCN1CCN(c2ccccn2)CC1)c1ccccc1. The Morgan fingerprint density at radius 3 is 2.50 bits per heavy atom. The number of anilines is 1. The van der Waals surface area contributed by atoms with Gasteiger partial charge in [-0.05, 0) is 17.7 Å². The van der Waals surface area contributed by atoms with Crippen LogP contribution in [0.25, 0.3) is 0 Å². The quantitative estimate of drug-likeness (QED) is 0.787. The number of hydrogen-bond donors (Lipinski definition) is 2. The zero-order valence-corrected chi connectivity index (χ0v) is 15.1. The number of amides is 1. The second-order valence-electron chi connectivity index (χ2n) is 6.59. The van der Waals surface area contributed by atoms with E-state index in [2.05, 4.69) is 20.1 Å². The number of nitrogens with two attached hydrogens (primary N) is 1. The van der Waals surface area contributed by atoms with Crippen molar-refractivity contribution in [3.05, 3.63) is 60.3 Å². The van der Waals surface area contributed by atoms with E-state index in [0.29, 0.717) is 13.0 Å². The van der Waals surface area contributed by atoms with E-state index in [1.807, 2.05) is 54.7 Å². The lowest BCUT2D eigenvalue weighted by atomic mass is 10.1. The van der Waals surface area contributed by atoms with Crippen molar-refractivity contribution in [1.82, 2.24) is 15.2 Å². The lowest BCUT2D eigenvalue weighted by Gasteiger charge is -2.35. The molecule has 3 N–H and O–H groups in total. The molecule has 1 aliphatic rings. The van der Waals surface area contributed by atoms with Crippen molar-refractivity contribution in [3.63, 3.8) is 0 Å². The maximum atomic E-state index is 12.1. The molecule has 6 heteroatoms. The van der Waals surface area contributed by atoms with Gasteiger partial charge in [0.2, 0.25) is 5.91 Å². The van der Waals surface area contributed by atoms with Crippen molar-refractivity contribution in [3.8, 4) is 0 Å². The summed E-state index contributed by atoms with van der Waals surface area (Å²) in [6, 6.07) is 15.7. The van der Waals surface area contributed by atoms with Gasteiger partial charge in [-0.2, -0.15) is 0 Å². The fraction of sp³-hybridized carbons (Fsp3) is 0.400. The summed E-state index contributed by atoms with van der Waals surface area (Å²) in [6.07, 6.45) is 2.33. The molecule has 3 rings (SSSR count). The Labute approximate surface area is 155 Å². The zero-order chi connectivity index (χ0) is 18.2. The van der Waals surface area contributed by atoms with Crippen LogP contribution in [0.4, 0.5) is 5.82 Å². The predicted octanol–water partition coefficient (Wildman–Crippen LogP) is 1.41. The molecule has 0 radical (unpaired) electrons. The molecule has 1 aromatic heterocycles. The highest BCUT2D eigenvalue weighted by Crippen LogP contribution is 2.12. The number of pyridine rings is 1. The average molecular weight is 353 g/mol. The van der Waals surface area contributed by atoms with Crippen molar-refractivity contribution >= 4 is 11.7 Å². The minimum atomic E-state index is -0.165. The number of carbonyl (C=O) groups excluding carboxylic acids is 1. The Morgan fingerprint density at radius 2 is 1.81 bits per heavy atom. The standard InChI is InChI=1S/C20H27N5O/c21-18(17-6-2-1-3-7-17)16-23-20(26)9-11-24-12-14-25(15-13-24)19-8-4-5-10-22-19/h1-8,10,18H,9,11-16,21H2,(H,23,26). The molecule has 0 bridgehead atoms. The number of carbonyl (C=O) groups is 1. The molecule has 1 aromatic carbocycles. The molecule has 6 nitrogen and oxygen atoms in total. The summed E-state index contributed by atoms with van der Waals surface area (Å²) < 4.78 is 0. The maximum Gasteiger partial charge on any atom is 0.221 e. The van der Waals surface area contributed by atoms with E-state index >= 15 is 0 Å². The van der Waals surface area contributed by atoms with Crippen LogP contribution in [0, 0.1) is 0 Å². The van der Waals surface area contributed by atoms with Crippen LogP contribution < -0.4 is 16.0 Å². The van der Waals surface area contributed by atoms with E-state index < -0.39 is 0 Å². The predicted molar refractivity (Wildman–Crippen MR) is 104 cm³/mol. The third-order valence-electron chi connectivity index (χ3n) is 4.75. The summed E-state index contributed by atoms with van der Waals surface area (Å²) in [4.78, 5) is 21.1. The van der Waals surface area contributed by atoms with Crippen LogP contribution in [-0.2, 0) is 4.79 Å². The molecule has 2 aromatic rings. The maximum absolute atomic E-state index is 12.1. The first-order valence-electron chi connectivity index (χ1n) is 9.18. The summed E-state index contributed by atoms with van der Waals surface area (Å²) >= 11 is 0. The average Bonchev–Trinajstić information content (AvgIpc) is 2.72. The smallest absolute Gasteiger partial charge is 0.221 e. The molecule has 0 spiro atoms. The Balaban J connectivity index is 1.34. The summed E-state index contributed by atoms with van der Waals surface area (Å²) in [5.74, 6) is 1.09. The molecule has 2 heterocycles. The van der Waals surface area contributed by atoms with E-state index in [9.17, 15) is 4.79 Å². The molecular weight excluding hydrogens is 326 g/mol. The Bertz CT molecular complexity index is 671. The van der Waals surface area contributed by atoms with Crippen LogP contribution in [0.5, 0.6) is 0 Å². The van der Waals surface area contributed by atoms with E-state index in [1.54, 1.807) is 0 Å². The van der Waals surface area contributed by atoms with Crippen LogP contribution >= 0.6 is 0 Å². The number of hydrogen-bond acceptors (Lipinski definition) is 5. The number of aromatic nitrogens is 1.